The van der Waals surface area contributed by atoms with Crippen LogP contribution in [0.4, 0.5) is 5.69 Å². The van der Waals surface area contributed by atoms with Gasteiger partial charge in [-0.1, -0.05) is 17.7 Å². The molecule has 124 valence electrons. The third-order valence-electron chi connectivity index (χ3n) is 4.75. The highest BCUT2D eigenvalue weighted by Gasteiger charge is 2.44. The van der Waals surface area contributed by atoms with Crippen molar-refractivity contribution in [1.29, 1.82) is 0 Å². The molecule has 1 N–H and O–H groups in total. The summed E-state index contributed by atoms with van der Waals surface area (Å²) < 4.78 is 5.50. The second kappa shape index (κ2) is 5.96. The van der Waals surface area contributed by atoms with E-state index < -0.39 is 5.41 Å². The van der Waals surface area contributed by atoms with Gasteiger partial charge in [0.2, 0.25) is 11.8 Å². The number of nitrogens with zero attached hydrogens (tertiary/aromatic N) is 1. The molecule has 2 amide bonds. The zero-order chi connectivity index (χ0) is 16.6. The van der Waals surface area contributed by atoms with Crippen LogP contribution in [0.25, 0.3) is 0 Å². The highest BCUT2D eigenvalue weighted by molar-refractivity contribution is 6.10. The van der Waals surface area contributed by atoms with Gasteiger partial charge in [0.15, 0.2) is 0 Å². The number of hydrogen-bond acceptors (Lipinski definition) is 3. The Bertz CT molecular complexity index is 633. The fourth-order valence-corrected chi connectivity index (χ4v) is 3.34. The smallest absolute Gasteiger partial charge is 0.240 e. The van der Waals surface area contributed by atoms with Crippen LogP contribution in [0.15, 0.2) is 18.2 Å². The Labute approximate surface area is 137 Å². The molecule has 23 heavy (non-hydrogen) atoms. The fraction of sp³-hybridized carbons (Fsp3) is 0.556. The molecule has 5 nitrogen and oxygen atoms in total. The summed E-state index contributed by atoms with van der Waals surface area (Å²) in [6.45, 7) is 7.19. The molecule has 0 bridgehead atoms. The Hall–Kier alpha value is -1.88. The number of ether oxygens (including phenoxy) is 1. The fourth-order valence-electron chi connectivity index (χ4n) is 3.34. The quantitative estimate of drug-likeness (QED) is 0.923. The van der Waals surface area contributed by atoms with E-state index >= 15 is 0 Å². The van der Waals surface area contributed by atoms with Gasteiger partial charge in [-0.25, -0.2) is 0 Å². The number of carbonyl (C=O) groups excluding carboxylic acids is 2. The van der Waals surface area contributed by atoms with Crippen molar-refractivity contribution in [2.45, 2.75) is 45.1 Å². The van der Waals surface area contributed by atoms with Crippen LogP contribution in [0.5, 0.6) is 0 Å². The number of fused-ring (bicyclic) bond motifs is 1. The van der Waals surface area contributed by atoms with Gasteiger partial charge in [0.25, 0.3) is 0 Å². The molecular weight excluding hydrogens is 292 g/mol. The number of hydrogen-bond donors (Lipinski definition) is 1. The van der Waals surface area contributed by atoms with Gasteiger partial charge < -0.3 is 15.0 Å². The molecule has 0 aliphatic carbocycles. The number of aryl methyl sites for hydroxylation is 1. The van der Waals surface area contributed by atoms with Crippen molar-refractivity contribution in [1.82, 2.24) is 5.32 Å². The summed E-state index contributed by atoms with van der Waals surface area (Å²) in [6, 6.07) is 5.95. The van der Waals surface area contributed by atoms with Gasteiger partial charge in [-0.3, -0.25) is 9.59 Å². The van der Waals surface area contributed by atoms with Crippen LogP contribution in [0, 0.1) is 6.92 Å². The Morgan fingerprint density at radius 1 is 1.43 bits per heavy atom. The monoisotopic (exact) mass is 316 g/mol. The lowest BCUT2D eigenvalue weighted by molar-refractivity contribution is -0.125. The number of nitrogens with one attached hydrogen (secondary N) is 1. The number of amides is 2. The first-order valence-corrected chi connectivity index (χ1v) is 8.21. The van der Waals surface area contributed by atoms with Crippen molar-refractivity contribution in [3.63, 3.8) is 0 Å². The first-order valence-electron chi connectivity index (χ1n) is 8.21. The zero-order valence-corrected chi connectivity index (χ0v) is 14.0. The minimum Gasteiger partial charge on any atom is -0.376 e. The van der Waals surface area contributed by atoms with Crippen LogP contribution in [0.2, 0.25) is 0 Å². The molecule has 0 unspecified atom stereocenters. The molecule has 0 aromatic heterocycles. The van der Waals surface area contributed by atoms with Gasteiger partial charge in [-0.2, -0.15) is 0 Å². The molecule has 0 saturated carbocycles. The SMILES string of the molecule is Cc1ccc2c(c1)C(C)(C)C(=O)N2CC(=O)NC[C@H]1CCCO1. The molecule has 3 rings (SSSR count). The molecule has 1 aromatic rings. The number of anilines is 1. The molecule has 1 saturated heterocycles. The lowest BCUT2D eigenvalue weighted by atomic mass is 9.85. The highest BCUT2D eigenvalue weighted by Crippen LogP contribution is 2.41. The number of benzene rings is 1. The molecule has 1 atom stereocenters. The van der Waals surface area contributed by atoms with Crippen LogP contribution >= 0.6 is 0 Å². The summed E-state index contributed by atoms with van der Waals surface area (Å²) >= 11 is 0. The van der Waals surface area contributed by atoms with E-state index in [9.17, 15) is 9.59 Å². The van der Waals surface area contributed by atoms with E-state index in [1.165, 1.54) is 0 Å². The molecule has 2 aliphatic rings. The Morgan fingerprint density at radius 3 is 2.91 bits per heavy atom. The van der Waals surface area contributed by atoms with E-state index in [-0.39, 0.29) is 24.5 Å². The van der Waals surface area contributed by atoms with E-state index in [2.05, 4.69) is 5.32 Å². The molecule has 5 heteroatoms. The third-order valence-corrected chi connectivity index (χ3v) is 4.75. The number of rotatable bonds is 4. The summed E-state index contributed by atoms with van der Waals surface area (Å²) in [5, 5.41) is 2.88. The molecule has 2 aliphatic heterocycles. The van der Waals surface area contributed by atoms with Crippen molar-refractivity contribution in [3.8, 4) is 0 Å². The van der Waals surface area contributed by atoms with Crippen molar-refractivity contribution < 1.29 is 14.3 Å². The van der Waals surface area contributed by atoms with Crippen molar-refractivity contribution in [2.24, 2.45) is 0 Å². The standard InChI is InChI=1S/C18H24N2O3/c1-12-6-7-15-14(9-12)18(2,3)17(22)20(15)11-16(21)19-10-13-5-4-8-23-13/h6-7,9,13H,4-5,8,10-11H2,1-3H3,(H,19,21)/t13-/m1/s1. The summed E-state index contributed by atoms with van der Waals surface area (Å²) in [5.74, 6) is -0.163. The molecule has 0 spiro atoms. The van der Waals surface area contributed by atoms with Gasteiger partial charge in [-0.15, -0.1) is 0 Å². The maximum absolute atomic E-state index is 12.7. The molecular formula is C18H24N2O3. The lowest BCUT2D eigenvalue weighted by Gasteiger charge is -2.20. The first kappa shape index (κ1) is 16.0. The highest BCUT2D eigenvalue weighted by atomic mass is 16.5. The van der Waals surface area contributed by atoms with Crippen LogP contribution in [0.1, 0.15) is 37.8 Å². The second-order valence-corrected chi connectivity index (χ2v) is 6.98. The molecule has 2 heterocycles. The van der Waals surface area contributed by atoms with Gasteiger partial charge in [0, 0.05) is 18.8 Å². The van der Waals surface area contributed by atoms with E-state index in [1.807, 2.05) is 39.0 Å². The van der Waals surface area contributed by atoms with E-state index in [0.717, 1.165) is 36.3 Å². The minimum absolute atomic E-state index is 0.0228. The van der Waals surface area contributed by atoms with E-state index in [0.29, 0.717) is 6.54 Å². The van der Waals surface area contributed by atoms with Gasteiger partial charge in [-0.05, 0) is 45.2 Å². The summed E-state index contributed by atoms with van der Waals surface area (Å²) in [5.41, 5.74) is 2.37. The van der Waals surface area contributed by atoms with Crippen molar-refractivity contribution in [3.05, 3.63) is 29.3 Å². The molecule has 1 aromatic carbocycles. The van der Waals surface area contributed by atoms with Crippen LogP contribution in [0.3, 0.4) is 0 Å². The average Bonchev–Trinajstić information content (AvgIpc) is 3.08. The zero-order valence-electron chi connectivity index (χ0n) is 14.0. The average molecular weight is 316 g/mol. The number of carbonyl (C=O) groups is 2. The summed E-state index contributed by atoms with van der Waals surface area (Å²) in [4.78, 5) is 26.5. The Kier molecular flexibility index (Phi) is 4.15. The maximum atomic E-state index is 12.7. The first-order chi connectivity index (χ1) is 10.9. The maximum Gasteiger partial charge on any atom is 0.240 e. The molecule has 1 fully saturated rings. The van der Waals surface area contributed by atoms with Crippen molar-refractivity contribution >= 4 is 17.5 Å². The topological polar surface area (TPSA) is 58.6 Å². The summed E-state index contributed by atoms with van der Waals surface area (Å²) in [7, 11) is 0. The lowest BCUT2D eigenvalue weighted by Crippen LogP contribution is -2.44. The minimum atomic E-state index is -0.587. The van der Waals surface area contributed by atoms with Gasteiger partial charge in [0.1, 0.15) is 6.54 Å². The van der Waals surface area contributed by atoms with Crippen LogP contribution in [-0.4, -0.2) is 37.6 Å². The Morgan fingerprint density at radius 2 is 2.22 bits per heavy atom. The van der Waals surface area contributed by atoms with Crippen LogP contribution < -0.4 is 10.2 Å². The second-order valence-electron chi connectivity index (χ2n) is 6.98. The largest absolute Gasteiger partial charge is 0.376 e. The summed E-state index contributed by atoms with van der Waals surface area (Å²) in [6.07, 6.45) is 2.14. The van der Waals surface area contributed by atoms with Gasteiger partial charge >= 0.3 is 0 Å². The van der Waals surface area contributed by atoms with E-state index in [1.54, 1.807) is 4.90 Å². The third kappa shape index (κ3) is 2.98. The Balaban J connectivity index is 1.70. The predicted octanol–water partition coefficient (Wildman–Crippen LogP) is 1.91. The normalized spacial score (nSPS) is 22.3. The van der Waals surface area contributed by atoms with E-state index in [4.69, 9.17) is 4.74 Å². The molecule has 0 radical (unpaired) electrons. The van der Waals surface area contributed by atoms with Crippen LogP contribution in [-0.2, 0) is 19.7 Å². The predicted molar refractivity (Wildman–Crippen MR) is 88.5 cm³/mol. The van der Waals surface area contributed by atoms with Crippen molar-refractivity contribution in [2.75, 3.05) is 24.6 Å². The van der Waals surface area contributed by atoms with Gasteiger partial charge in [0.05, 0.1) is 11.5 Å².